The number of rotatable bonds is 6. The molecule has 0 spiro atoms. The Morgan fingerprint density at radius 1 is 0.457 bits per heavy atom. The van der Waals surface area contributed by atoms with Crippen LogP contribution >= 0.6 is 0 Å². The van der Waals surface area contributed by atoms with Crippen LogP contribution in [0.25, 0.3) is 0 Å². The average Bonchev–Trinajstić information content (AvgIpc) is 2.65. The standard InChI is InChI=1S/C12HF17O4S2/c13-2-1(3(14)5(16)6(17)4(2)15)7(35(32,33)12(28,29)10(23,24)25)34(30,31)11(26,27)8(18,19)9(20,21)22/h7H. The maximum absolute atomic E-state index is 13.9. The minimum Gasteiger partial charge on any atom is -0.221 e. The van der Waals surface area contributed by atoms with Crippen molar-refractivity contribution in [1.29, 1.82) is 0 Å². The quantitative estimate of drug-likeness (QED) is 0.259. The summed E-state index contributed by atoms with van der Waals surface area (Å²) < 4.78 is 264. The van der Waals surface area contributed by atoms with Gasteiger partial charge in [-0.25, -0.2) is 38.8 Å². The van der Waals surface area contributed by atoms with Gasteiger partial charge in [0.25, 0.3) is 0 Å². The molecule has 0 fully saturated rings. The molecule has 0 saturated carbocycles. The van der Waals surface area contributed by atoms with Crippen molar-refractivity contribution in [3.05, 3.63) is 34.6 Å². The van der Waals surface area contributed by atoms with Crippen molar-refractivity contribution < 1.29 is 91.5 Å². The van der Waals surface area contributed by atoms with Gasteiger partial charge in [-0.1, -0.05) is 0 Å². The SMILES string of the molecule is O=S(=O)(C(c1c(F)c(F)c(F)c(F)c1F)S(=O)(=O)C(F)(F)C(F)(F)C(F)(F)F)C(F)(F)C(F)(F)F. The van der Waals surface area contributed by atoms with Gasteiger partial charge in [0.1, 0.15) is 0 Å². The number of sulfone groups is 2. The van der Waals surface area contributed by atoms with Crippen molar-refractivity contribution >= 4 is 19.7 Å². The molecule has 1 atom stereocenters. The van der Waals surface area contributed by atoms with Gasteiger partial charge in [0, 0.05) is 0 Å². The Morgan fingerprint density at radius 2 is 0.743 bits per heavy atom. The first-order valence-corrected chi connectivity index (χ1v) is 10.4. The Balaban J connectivity index is 4.44. The van der Waals surface area contributed by atoms with Gasteiger partial charge in [0.2, 0.25) is 30.1 Å². The van der Waals surface area contributed by atoms with E-state index in [1.165, 1.54) is 0 Å². The van der Waals surface area contributed by atoms with Crippen LogP contribution < -0.4 is 0 Å². The van der Waals surface area contributed by atoms with Gasteiger partial charge in [-0.05, 0) is 0 Å². The van der Waals surface area contributed by atoms with E-state index in [9.17, 15) is 91.5 Å². The molecule has 0 N–H and O–H groups in total. The molecule has 35 heavy (non-hydrogen) atoms. The number of hydrogen-bond donors (Lipinski definition) is 0. The molecule has 1 aromatic carbocycles. The monoisotopic (exact) mass is 596 g/mol. The third-order valence-corrected chi connectivity index (χ3v) is 8.85. The minimum absolute atomic E-state index is 3.44. The number of hydrogen-bond acceptors (Lipinski definition) is 4. The third kappa shape index (κ3) is 4.16. The second-order valence-corrected chi connectivity index (χ2v) is 10.5. The van der Waals surface area contributed by atoms with Crippen LogP contribution in [-0.2, 0) is 19.7 Å². The summed E-state index contributed by atoms with van der Waals surface area (Å²) in [5.41, 5.74) is -4.05. The molecule has 1 unspecified atom stereocenters. The lowest BCUT2D eigenvalue weighted by molar-refractivity contribution is -0.332. The lowest BCUT2D eigenvalue weighted by Crippen LogP contribution is -2.59. The lowest BCUT2D eigenvalue weighted by atomic mass is 10.2. The van der Waals surface area contributed by atoms with Crippen molar-refractivity contribution in [2.24, 2.45) is 0 Å². The van der Waals surface area contributed by atoms with Gasteiger partial charge in [0.05, 0.1) is 5.56 Å². The summed E-state index contributed by atoms with van der Waals surface area (Å²) in [6.07, 6.45) is -15.5. The topological polar surface area (TPSA) is 68.3 Å². The Morgan fingerprint density at radius 3 is 1.03 bits per heavy atom. The molecule has 1 aromatic rings. The Kier molecular flexibility index (Phi) is 7.28. The van der Waals surface area contributed by atoms with Crippen molar-refractivity contribution in [2.45, 2.75) is 33.4 Å². The van der Waals surface area contributed by atoms with Crippen molar-refractivity contribution in [1.82, 2.24) is 0 Å². The lowest BCUT2D eigenvalue weighted by Gasteiger charge is -2.32. The highest BCUT2D eigenvalue weighted by molar-refractivity contribution is 8.09. The molecule has 0 aromatic heterocycles. The van der Waals surface area contributed by atoms with Crippen LogP contribution in [-0.4, -0.2) is 45.6 Å². The van der Waals surface area contributed by atoms with Gasteiger partial charge < -0.3 is 0 Å². The van der Waals surface area contributed by atoms with Crippen molar-refractivity contribution in [3.8, 4) is 0 Å². The minimum atomic E-state index is -8.99. The summed E-state index contributed by atoms with van der Waals surface area (Å²) >= 11 is 0. The van der Waals surface area contributed by atoms with E-state index in [4.69, 9.17) is 0 Å². The first kappa shape index (κ1) is 31.0. The van der Waals surface area contributed by atoms with E-state index < -0.39 is 87.7 Å². The summed E-state index contributed by atoms with van der Waals surface area (Å²) in [6.45, 7) is 0. The van der Waals surface area contributed by atoms with Gasteiger partial charge in [-0.2, -0.15) is 52.7 Å². The Bertz CT molecular complexity index is 1200. The third-order valence-electron chi connectivity index (χ3n) is 3.81. The molecule has 4 nitrogen and oxygen atoms in total. The predicted octanol–water partition coefficient (Wildman–Crippen LogP) is 5.16. The molecular weight excluding hydrogens is 595 g/mol. The highest BCUT2D eigenvalue weighted by atomic mass is 32.3. The molecule has 0 saturated heterocycles. The zero-order chi connectivity index (χ0) is 28.5. The van der Waals surface area contributed by atoms with Crippen LogP contribution in [0.5, 0.6) is 0 Å². The number of benzene rings is 1. The molecule has 0 heterocycles. The second-order valence-electron chi connectivity index (χ2n) is 6.01. The van der Waals surface area contributed by atoms with Gasteiger partial charge >= 0.3 is 28.8 Å². The highest BCUT2D eigenvalue weighted by Crippen LogP contribution is 2.56. The molecule has 0 radical (unpaired) electrons. The molecule has 0 aliphatic heterocycles. The summed E-state index contributed by atoms with van der Waals surface area (Å²) in [5.74, 6) is -26.8. The second kappa shape index (κ2) is 8.23. The van der Waals surface area contributed by atoms with E-state index in [1.807, 2.05) is 0 Å². The zero-order valence-corrected chi connectivity index (χ0v) is 16.6. The van der Waals surface area contributed by atoms with E-state index in [1.54, 1.807) is 0 Å². The Labute approximate surface area is 180 Å². The molecule has 0 aliphatic rings. The summed E-state index contributed by atoms with van der Waals surface area (Å²) in [4.78, 5) is 0. The first-order chi connectivity index (χ1) is 15.0. The molecule has 0 aliphatic carbocycles. The molecule has 0 amide bonds. The fraction of sp³-hybridized carbons (Fsp3) is 0.500. The van der Waals surface area contributed by atoms with Crippen LogP contribution in [0.2, 0.25) is 0 Å². The van der Waals surface area contributed by atoms with Crippen molar-refractivity contribution in [3.63, 3.8) is 0 Å². The normalized spacial score (nSPS) is 15.9. The van der Waals surface area contributed by atoms with E-state index in [0.717, 1.165) is 0 Å². The molecular formula is C12HF17O4S2. The van der Waals surface area contributed by atoms with Gasteiger partial charge in [0.15, 0.2) is 23.3 Å². The van der Waals surface area contributed by atoms with Gasteiger partial charge in [-0.3, -0.25) is 0 Å². The van der Waals surface area contributed by atoms with Crippen LogP contribution in [0.15, 0.2) is 0 Å². The molecule has 23 heteroatoms. The number of alkyl halides is 12. The molecule has 204 valence electrons. The fourth-order valence-corrected chi connectivity index (χ4v) is 6.51. The van der Waals surface area contributed by atoms with E-state index in [-0.39, 0.29) is 0 Å². The highest BCUT2D eigenvalue weighted by Gasteiger charge is 2.82. The van der Waals surface area contributed by atoms with E-state index in [2.05, 4.69) is 0 Å². The van der Waals surface area contributed by atoms with Crippen LogP contribution in [0, 0.1) is 29.1 Å². The summed E-state index contributed by atoms with van der Waals surface area (Å²) in [6, 6.07) is 0. The first-order valence-electron chi connectivity index (χ1n) is 7.30. The van der Waals surface area contributed by atoms with Crippen LogP contribution in [0.1, 0.15) is 10.1 Å². The zero-order valence-electron chi connectivity index (χ0n) is 15.0. The van der Waals surface area contributed by atoms with Crippen LogP contribution in [0.3, 0.4) is 0 Å². The maximum Gasteiger partial charge on any atom is 0.469 e. The maximum atomic E-state index is 13.9. The van der Waals surface area contributed by atoms with E-state index in [0.29, 0.717) is 0 Å². The summed E-state index contributed by atoms with van der Waals surface area (Å²) in [5, 5.41) is -16.0. The fourth-order valence-electron chi connectivity index (χ4n) is 2.08. The van der Waals surface area contributed by atoms with E-state index >= 15 is 0 Å². The number of halogens is 17. The van der Waals surface area contributed by atoms with Gasteiger partial charge in [-0.15, -0.1) is 0 Å². The predicted molar refractivity (Wildman–Crippen MR) is 73.8 cm³/mol. The largest absolute Gasteiger partial charge is 0.469 e. The van der Waals surface area contributed by atoms with Crippen molar-refractivity contribution in [2.75, 3.05) is 0 Å². The summed E-state index contributed by atoms with van der Waals surface area (Å²) in [7, 11) is -17.8. The Hall–Kier alpha value is -2.07. The van der Waals surface area contributed by atoms with Crippen LogP contribution in [0.4, 0.5) is 74.6 Å². The molecule has 0 bridgehead atoms. The molecule has 1 rings (SSSR count). The average molecular weight is 596 g/mol. The smallest absolute Gasteiger partial charge is 0.221 e.